The van der Waals surface area contributed by atoms with Gasteiger partial charge in [0.05, 0.1) is 0 Å². The van der Waals surface area contributed by atoms with Gasteiger partial charge in [0.25, 0.3) is 0 Å². The van der Waals surface area contributed by atoms with Crippen molar-refractivity contribution in [1.29, 1.82) is 0 Å². The zero-order valence-electron chi connectivity index (χ0n) is 6.93. The molecule has 0 nitrogen and oxygen atoms in total. The van der Waals surface area contributed by atoms with Crippen molar-refractivity contribution in [2.24, 2.45) is 5.92 Å². The molecular weight excluding hydrogens is 120 g/mol. The summed E-state index contributed by atoms with van der Waals surface area (Å²) in [6.07, 6.45) is 10.7. The van der Waals surface area contributed by atoms with Crippen LogP contribution in [0.2, 0.25) is 0 Å². The van der Waals surface area contributed by atoms with Gasteiger partial charge in [-0.3, -0.25) is 0 Å². The molecule has 10 heavy (non-hydrogen) atoms. The first-order valence-electron chi connectivity index (χ1n) is 4.11. The third-order valence-electron chi connectivity index (χ3n) is 2.01. The van der Waals surface area contributed by atoms with Crippen LogP contribution >= 0.6 is 0 Å². The largest absolute Gasteiger partial charge is 0.0879 e. The van der Waals surface area contributed by atoms with E-state index in [1.807, 2.05) is 0 Å². The number of rotatable bonds is 0. The van der Waals surface area contributed by atoms with E-state index < -0.39 is 0 Å². The minimum Gasteiger partial charge on any atom is -0.0879 e. The van der Waals surface area contributed by atoms with Crippen LogP contribution in [0, 0.1) is 5.92 Å². The smallest absolute Gasteiger partial charge is 0.0227 e. The van der Waals surface area contributed by atoms with E-state index in [4.69, 9.17) is 0 Å². The van der Waals surface area contributed by atoms with Gasteiger partial charge in [0, 0.05) is 0 Å². The van der Waals surface area contributed by atoms with Crippen molar-refractivity contribution in [3.05, 3.63) is 23.8 Å². The molecule has 0 saturated heterocycles. The Morgan fingerprint density at radius 2 is 2.30 bits per heavy atom. The zero-order valence-corrected chi connectivity index (χ0v) is 6.93. The molecule has 0 aromatic heterocycles. The van der Waals surface area contributed by atoms with E-state index in [1.165, 1.54) is 19.3 Å². The zero-order chi connectivity index (χ0) is 7.40. The molecule has 0 heteroatoms. The van der Waals surface area contributed by atoms with E-state index in [-0.39, 0.29) is 0 Å². The van der Waals surface area contributed by atoms with Crippen molar-refractivity contribution in [3.8, 4) is 0 Å². The molecule has 0 amide bonds. The van der Waals surface area contributed by atoms with Crippen molar-refractivity contribution in [3.63, 3.8) is 0 Å². The second-order valence-electron chi connectivity index (χ2n) is 3.23. The standard InChI is InChI=1S/C10H16/c1-9-5-3-4-6-10(2)8-7-9/h3,5,8-9H,4,6-7H2,1-2H3/b5-3-,10-8-. The number of hydrogen-bond donors (Lipinski definition) is 0. The minimum absolute atomic E-state index is 0.746. The fraction of sp³-hybridized carbons (Fsp3) is 0.600. The molecule has 0 radical (unpaired) electrons. The molecule has 56 valence electrons. The molecular formula is C10H16. The van der Waals surface area contributed by atoms with Crippen LogP contribution < -0.4 is 0 Å². The molecule has 1 aliphatic rings. The van der Waals surface area contributed by atoms with Gasteiger partial charge in [-0.2, -0.15) is 0 Å². The van der Waals surface area contributed by atoms with E-state index in [1.54, 1.807) is 5.57 Å². The van der Waals surface area contributed by atoms with Crippen LogP contribution in [0.15, 0.2) is 23.8 Å². The summed E-state index contributed by atoms with van der Waals surface area (Å²) in [5.74, 6) is 0.746. The van der Waals surface area contributed by atoms with Crippen molar-refractivity contribution < 1.29 is 0 Å². The maximum absolute atomic E-state index is 2.37. The molecule has 1 aliphatic carbocycles. The lowest BCUT2D eigenvalue weighted by molar-refractivity contribution is 0.722. The Morgan fingerprint density at radius 3 is 3.10 bits per heavy atom. The first kappa shape index (κ1) is 7.59. The SMILES string of the molecule is C/C1=C/CC(C)/C=C\CC1. The first-order chi connectivity index (χ1) is 4.79. The molecule has 0 fully saturated rings. The van der Waals surface area contributed by atoms with Crippen LogP contribution in [-0.4, -0.2) is 0 Å². The molecule has 1 rings (SSSR count). The molecule has 0 N–H and O–H groups in total. The second-order valence-corrected chi connectivity index (χ2v) is 3.23. The normalized spacial score (nSPS) is 35.4. The van der Waals surface area contributed by atoms with Gasteiger partial charge in [-0.1, -0.05) is 30.7 Å². The molecule has 0 heterocycles. The van der Waals surface area contributed by atoms with Crippen molar-refractivity contribution >= 4 is 0 Å². The Labute approximate surface area is 63.6 Å². The number of allylic oxidation sites excluding steroid dienone is 4. The maximum atomic E-state index is 2.37. The second kappa shape index (κ2) is 3.60. The summed E-state index contributed by atoms with van der Waals surface area (Å²) in [6.45, 7) is 4.50. The summed E-state index contributed by atoms with van der Waals surface area (Å²) in [7, 11) is 0. The van der Waals surface area contributed by atoms with E-state index in [0.29, 0.717) is 0 Å². The van der Waals surface area contributed by atoms with Crippen LogP contribution in [0.25, 0.3) is 0 Å². The van der Waals surface area contributed by atoms with Crippen LogP contribution in [-0.2, 0) is 0 Å². The van der Waals surface area contributed by atoms with Gasteiger partial charge in [-0.05, 0) is 32.1 Å². The summed E-state index contributed by atoms with van der Waals surface area (Å²) in [4.78, 5) is 0. The van der Waals surface area contributed by atoms with Crippen LogP contribution in [0.5, 0.6) is 0 Å². The van der Waals surface area contributed by atoms with Crippen LogP contribution in [0.3, 0.4) is 0 Å². The van der Waals surface area contributed by atoms with E-state index >= 15 is 0 Å². The molecule has 0 aromatic carbocycles. The van der Waals surface area contributed by atoms with Crippen LogP contribution in [0.1, 0.15) is 33.1 Å². The Balaban J connectivity index is 2.51. The molecule has 0 bridgehead atoms. The van der Waals surface area contributed by atoms with Gasteiger partial charge in [-0.25, -0.2) is 0 Å². The van der Waals surface area contributed by atoms with E-state index in [0.717, 1.165) is 5.92 Å². The molecule has 0 saturated carbocycles. The fourth-order valence-corrected chi connectivity index (χ4v) is 1.21. The Kier molecular flexibility index (Phi) is 2.73. The molecule has 0 aliphatic heterocycles. The molecule has 1 unspecified atom stereocenters. The lowest BCUT2D eigenvalue weighted by Gasteiger charge is -2.07. The first-order valence-corrected chi connectivity index (χ1v) is 4.11. The predicted molar refractivity (Wildman–Crippen MR) is 45.9 cm³/mol. The third kappa shape index (κ3) is 2.38. The Morgan fingerprint density at radius 1 is 1.50 bits per heavy atom. The van der Waals surface area contributed by atoms with Gasteiger partial charge >= 0.3 is 0 Å². The highest BCUT2D eigenvalue weighted by Crippen LogP contribution is 2.14. The summed E-state index contributed by atoms with van der Waals surface area (Å²) < 4.78 is 0. The summed E-state index contributed by atoms with van der Waals surface area (Å²) >= 11 is 0. The average Bonchev–Trinajstić information content (AvgIpc) is 1.90. The quantitative estimate of drug-likeness (QED) is 0.448. The minimum atomic E-state index is 0.746. The lowest BCUT2D eigenvalue weighted by Crippen LogP contribution is -1.90. The molecule has 0 spiro atoms. The summed E-state index contributed by atoms with van der Waals surface area (Å²) in [6, 6.07) is 0. The van der Waals surface area contributed by atoms with E-state index in [2.05, 4.69) is 32.1 Å². The monoisotopic (exact) mass is 136 g/mol. The lowest BCUT2D eigenvalue weighted by atomic mass is 10.00. The molecule has 1 atom stereocenters. The summed E-state index contributed by atoms with van der Waals surface area (Å²) in [5, 5.41) is 0. The van der Waals surface area contributed by atoms with Crippen molar-refractivity contribution in [1.82, 2.24) is 0 Å². The number of hydrogen-bond acceptors (Lipinski definition) is 0. The highest BCUT2D eigenvalue weighted by Gasteiger charge is 1.97. The third-order valence-corrected chi connectivity index (χ3v) is 2.01. The topological polar surface area (TPSA) is 0 Å². The predicted octanol–water partition coefficient (Wildman–Crippen LogP) is 3.31. The van der Waals surface area contributed by atoms with Gasteiger partial charge in [0.15, 0.2) is 0 Å². The fourth-order valence-electron chi connectivity index (χ4n) is 1.21. The highest BCUT2D eigenvalue weighted by atomic mass is 14.0. The van der Waals surface area contributed by atoms with Crippen LogP contribution in [0.4, 0.5) is 0 Å². The van der Waals surface area contributed by atoms with Gasteiger partial charge in [0.2, 0.25) is 0 Å². The Hall–Kier alpha value is -0.520. The highest BCUT2D eigenvalue weighted by molar-refractivity contribution is 5.05. The van der Waals surface area contributed by atoms with E-state index in [9.17, 15) is 0 Å². The van der Waals surface area contributed by atoms with Gasteiger partial charge < -0.3 is 0 Å². The Bertz CT molecular complexity index is 151. The summed E-state index contributed by atoms with van der Waals surface area (Å²) in [5.41, 5.74) is 1.55. The maximum Gasteiger partial charge on any atom is -0.0227 e. The van der Waals surface area contributed by atoms with Gasteiger partial charge in [0.1, 0.15) is 0 Å². The average molecular weight is 136 g/mol. The van der Waals surface area contributed by atoms with Crippen molar-refractivity contribution in [2.45, 2.75) is 33.1 Å². The molecule has 0 aromatic rings. The van der Waals surface area contributed by atoms with Gasteiger partial charge in [-0.15, -0.1) is 0 Å². The van der Waals surface area contributed by atoms with Crippen molar-refractivity contribution in [2.75, 3.05) is 0 Å².